The van der Waals surface area contributed by atoms with E-state index in [2.05, 4.69) is 5.10 Å². The van der Waals surface area contributed by atoms with E-state index in [0.717, 1.165) is 16.2 Å². The van der Waals surface area contributed by atoms with Crippen LogP contribution in [0.1, 0.15) is 42.2 Å². The number of aliphatic carboxylic acids is 1. The number of methoxy groups -OCH3 is 2. The molecule has 1 aromatic carbocycles. The standard InChI is InChI=1S/C20H22N2O5S/c1-26-14-9-13(10-15(11-14)27-2)16-12-17(18-5-4-8-28-18)22(21-16)19(23)6-3-7-20(24)25/h4-5,8-11,17H,3,6-7,12H2,1-2H3,(H,24,25)/t17-/m1/s1. The van der Waals surface area contributed by atoms with Gasteiger partial charge in [-0.2, -0.15) is 5.10 Å². The van der Waals surface area contributed by atoms with Crippen molar-refractivity contribution < 1.29 is 24.2 Å². The Morgan fingerprint density at radius 2 is 1.93 bits per heavy atom. The average Bonchev–Trinajstić information content (AvgIpc) is 3.36. The van der Waals surface area contributed by atoms with Crippen molar-refractivity contribution in [1.29, 1.82) is 0 Å². The zero-order chi connectivity index (χ0) is 20.1. The van der Waals surface area contributed by atoms with Crippen LogP contribution < -0.4 is 9.47 Å². The predicted molar refractivity (Wildman–Crippen MR) is 106 cm³/mol. The van der Waals surface area contributed by atoms with Crippen molar-refractivity contribution in [1.82, 2.24) is 5.01 Å². The summed E-state index contributed by atoms with van der Waals surface area (Å²) in [5.74, 6) is 0.216. The largest absolute Gasteiger partial charge is 0.497 e. The van der Waals surface area contributed by atoms with E-state index >= 15 is 0 Å². The molecule has 8 heteroatoms. The van der Waals surface area contributed by atoms with Gasteiger partial charge in [-0.05, 0) is 30.0 Å². The number of thiophene rings is 1. The number of hydrazone groups is 1. The van der Waals surface area contributed by atoms with E-state index in [-0.39, 0.29) is 24.8 Å². The van der Waals surface area contributed by atoms with Gasteiger partial charge in [-0.1, -0.05) is 6.07 Å². The van der Waals surface area contributed by atoms with Crippen LogP contribution in [0.25, 0.3) is 0 Å². The molecule has 0 saturated carbocycles. The fraction of sp³-hybridized carbons (Fsp3) is 0.350. The number of nitrogens with zero attached hydrogens (tertiary/aromatic N) is 2. The van der Waals surface area contributed by atoms with Crippen molar-refractivity contribution >= 4 is 28.9 Å². The molecular formula is C20H22N2O5S. The van der Waals surface area contributed by atoms with E-state index in [1.54, 1.807) is 31.6 Å². The fourth-order valence-corrected chi connectivity index (χ4v) is 3.91. The van der Waals surface area contributed by atoms with Crippen molar-refractivity contribution in [3.8, 4) is 11.5 Å². The van der Waals surface area contributed by atoms with Gasteiger partial charge < -0.3 is 14.6 Å². The highest BCUT2D eigenvalue weighted by molar-refractivity contribution is 7.10. The van der Waals surface area contributed by atoms with Gasteiger partial charge in [0.2, 0.25) is 5.91 Å². The summed E-state index contributed by atoms with van der Waals surface area (Å²) in [6.45, 7) is 0. The Hall–Kier alpha value is -2.87. The molecule has 1 aliphatic rings. The summed E-state index contributed by atoms with van der Waals surface area (Å²) in [5, 5.41) is 16.9. The number of ether oxygens (including phenoxy) is 2. The van der Waals surface area contributed by atoms with Crippen LogP contribution in [0.5, 0.6) is 11.5 Å². The van der Waals surface area contributed by atoms with Gasteiger partial charge in [0.05, 0.1) is 26.0 Å². The first-order chi connectivity index (χ1) is 13.5. The van der Waals surface area contributed by atoms with Crippen molar-refractivity contribution in [2.45, 2.75) is 31.7 Å². The van der Waals surface area contributed by atoms with Gasteiger partial charge in [-0.15, -0.1) is 11.3 Å². The van der Waals surface area contributed by atoms with E-state index in [0.29, 0.717) is 24.3 Å². The first-order valence-corrected chi connectivity index (χ1v) is 9.78. The van der Waals surface area contributed by atoms with Crippen LogP contribution in [-0.4, -0.2) is 41.9 Å². The molecule has 0 spiro atoms. The highest BCUT2D eigenvalue weighted by Gasteiger charge is 2.33. The molecular weight excluding hydrogens is 380 g/mol. The number of hydrogen-bond acceptors (Lipinski definition) is 6. The summed E-state index contributed by atoms with van der Waals surface area (Å²) in [7, 11) is 3.17. The summed E-state index contributed by atoms with van der Waals surface area (Å²) in [6, 6.07) is 9.25. The lowest BCUT2D eigenvalue weighted by atomic mass is 10.0. The normalized spacial score (nSPS) is 16.0. The third-order valence-electron chi connectivity index (χ3n) is 4.50. The Balaban J connectivity index is 1.88. The average molecular weight is 402 g/mol. The molecule has 0 bridgehead atoms. The van der Waals surface area contributed by atoms with Crippen LogP contribution in [-0.2, 0) is 9.59 Å². The quantitative estimate of drug-likeness (QED) is 0.727. The second-order valence-corrected chi connectivity index (χ2v) is 7.35. The third-order valence-corrected chi connectivity index (χ3v) is 5.48. The van der Waals surface area contributed by atoms with Crippen LogP contribution in [0.15, 0.2) is 40.8 Å². The second-order valence-electron chi connectivity index (χ2n) is 6.37. The predicted octanol–water partition coefficient (Wildman–Crippen LogP) is 3.70. The molecule has 1 atom stereocenters. The van der Waals surface area contributed by atoms with E-state index in [1.807, 2.05) is 29.6 Å². The number of carboxylic acid groups (broad SMARTS) is 1. The van der Waals surface area contributed by atoms with Crippen LogP contribution in [0, 0.1) is 0 Å². The summed E-state index contributed by atoms with van der Waals surface area (Å²) in [6.07, 6.45) is 0.973. The molecule has 0 fully saturated rings. The van der Waals surface area contributed by atoms with Crippen LogP contribution in [0.2, 0.25) is 0 Å². The van der Waals surface area contributed by atoms with Crippen molar-refractivity contribution in [3.63, 3.8) is 0 Å². The SMILES string of the molecule is COc1cc(OC)cc(C2=NN(C(=O)CCCC(=O)O)[C@@H](c3cccs3)C2)c1. The van der Waals surface area contributed by atoms with E-state index in [4.69, 9.17) is 14.6 Å². The van der Waals surface area contributed by atoms with E-state index in [1.165, 1.54) is 5.01 Å². The Labute approximate surface area is 167 Å². The molecule has 28 heavy (non-hydrogen) atoms. The summed E-state index contributed by atoms with van der Waals surface area (Å²) in [5.41, 5.74) is 1.60. The molecule has 1 aliphatic heterocycles. The van der Waals surface area contributed by atoms with Crippen LogP contribution >= 0.6 is 11.3 Å². The van der Waals surface area contributed by atoms with Gasteiger partial charge in [0.25, 0.3) is 0 Å². The molecule has 2 heterocycles. The lowest BCUT2D eigenvalue weighted by Crippen LogP contribution is -2.26. The zero-order valence-corrected chi connectivity index (χ0v) is 16.6. The molecule has 148 valence electrons. The molecule has 2 aromatic rings. The number of hydrogen-bond donors (Lipinski definition) is 1. The lowest BCUT2D eigenvalue weighted by Gasteiger charge is -2.20. The van der Waals surface area contributed by atoms with Gasteiger partial charge in [0, 0.05) is 35.8 Å². The molecule has 3 rings (SSSR count). The van der Waals surface area contributed by atoms with E-state index in [9.17, 15) is 9.59 Å². The second kappa shape index (κ2) is 8.88. The molecule has 7 nitrogen and oxygen atoms in total. The van der Waals surface area contributed by atoms with Gasteiger partial charge in [0.15, 0.2) is 0 Å². The maximum Gasteiger partial charge on any atom is 0.303 e. The molecule has 0 unspecified atom stereocenters. The minimum atomic E-state index is -0.906. The Morgan fingerprint density at radius 1 is 1.21 bits per heavy atom. The first kappa shape index (κ1) is 19.9. The Kier molecular flexibility index (Phi) is 6.30. The summed E-state index contributed by atoms with van der Waals surface area (Å²) < 4.78 is 10.7. The van der Waals surface area contributed by atoms with Crippen molar-refractivity contribution in [2.75, 3.05) is 14.2 Å². The van der Waals surface area contributed by atoms with Gasteiger partial charge in [0.1, 0.15) is 11.5 Å². The number of carbonyl (C=O) groups is 2. The molecule has 1 aromatic heterocycles. The maximum atomic E-state index is 12.7. The highest BCUT2D eigenvalue weighted by atomic mass is 32.1. The monoisotopic (exact) mass is 402 g/mol. The molecule has 0 radical (unpaired) electrons. The molecule has 1 amide bonds. The molecule has 0 saturated heterocycles. The van der Waals surface area contributed by atoms with Crippen LogP contribution in [0.4, 0.5) is 0 Å². The minimum Gasteiger partial charge on any atom is -0.497 e. The fourth-order valence-electron chi connectivity index (χ4n) is 3.10. The summed E-state index contributed by atoms with van der Waals surface area (Å²) >= 11 is 1.57. The van der Waals surface area contributed by atoms with Gasteiger partial charge in [-0.25, -0.2) is 5.01 Å². The van der Waals surface area contributed by atoms with Gasteiger partial charge >= 0.3 is 5.97 Å². The molecule has 1 N–H and O–H groups in total. The number of carboxylic acids is 1. The van der Waals surface area contributed by atoms with Crippen molar-refractivity contribution in [3.05, 3.63) is 46.2 Å². The topological polar surface area (TPSA) is 88.4 Å². The number of carbonyl (C=O) groups excluding carboxylic acids is 1. The smallest absolute Gasteiger partial charge is 0.303 e. The number of amides is 1. The van der Waals surface area contributed by atoms with Gasteiger partial charge in [-0.3, -0.25) is 9.59 Å². The zero-order valence-electron chi connectivity index (χ0n) is 15.8. The van der Waals surface area contributed by atoms with Crippen LogP contribution in [0.3, 0.4) is 0 Å². The minimum absolute atomic E-state index is 0.0348. The Bertz CT molecular complexity index is 856. The number of rotatable bonds is 8. The first-order valence-electron chi connectivity index (χ1n) is 8.90. The van der Waals surface area contributed by atoms with Crippen molar-refractivity contribution in [2.24, 2.45) is 5.10 Å². The summed E-state index contributed by atoms with van der Waals surface area (Å²) in [4.78, 5) is 24.5. The number of benzene rings is 1. The third kappa shape index (κ3) is 4.51. The van der Waals surface area contributed by atoms with E-state index < -0.39 is 5.97 Å². The highest BCUT2D eigenvalue weighted by Crippen LogP contribution is 2.37. The Morgan fingerprint density at radius 3 is 2.50 bits per heavy atom. The maximum absolute atomic E-state index is 12.7. The molecule has 0 aliphatic carbocycles. The lowest BCUT2D eigenvalue weighted by molar-refractivity contribution is -0.137.